The predicted molar refractivity (Wildman–Crippen MR) is 89.6 cm³/mol. The molecule has 0 N–H and O–H groups in total. The van der Waals surface area contributed by atoms with E-state index in [2.05, 4.69) is 4.99 Å². The fourth-order valence-corrected chi connectivity index (χ4v) is 2.15. The Morgan fingerprint density at radius 3 is 2.21 bits per heavy atom. The molecule has 0 heterocycles. The minimum atomic E-state index is -1.18. The van der Waals surface area contributed by atoms with Crippen molar-refractivity contribution in [2.45, 2.75) is 33.7 Å². The number of ketones is 1. The number of ether oxygens (including phenoxy) is 2. The van der Waals surface area contributed by atoms with Gasteiger partial charge >= 0.3 is 11.9 Å². The maximum absolute atomic E-state index is 12.1. The lowest BCUT2D eigenvalue weighted by molar-refractivity contribution is -0.148. The first kappa shape index (κ1) is 19.5. The first-order chi connectivity index (χ1) is 11.5. The van der Waals surface area contributed by atoms with Crippen LogP contribution in [-0.4, -0.2) is 36.6 Å². The van der Waals surface area contributed by atoms with Crippen LogP contribution in [0.2, 0.25) is 0 Å². The summed E-state index contributed by atoms with van der Waals surface area (Å²) < 4.78 is 9.86. The number of Topliss-reactive ketones (excluding diaryl/α,β-unsaturated/α-hetero) is 1. The fourth-order valence-electron chi connectivity index (χ4n) is 2.15. The molecule has 6 nitrogen and oxygen atoms in total. The van der Waals surface area contributed by atoms with Crippen molar-refractivity contribution in [2.75, 3.05) is 13.2 Å². The van der Waals surface area contributed by atoms with E-state index in [0.717, 1.165) is 5.56 Å². The van der Waals surface area contributed by atoms with E-state index in [-0.39, 0.29) is 31.9 Å². The van der Waals surface area contributed by atoms with Crippen LogP contribution in [0.25, 0.3) is 0 Å². The van der Waals surface area contributed by atoms with E-state index in [0.29, 0.717) is 0 Å². The lowest BCUT2D eigenvalue weighted by Crippen LogP contribution is -2.34. The summed E-state index contributed by atoms with van der Waals surface area (Å²) in [4.78, 5) is 40.2. The van der Waals surface area contributed by atoms with Gasteiger partial charge in [0.25, 0.3) is 0 Å². The van der Waals surface area contributed by atoms with Gasteiger partial charge in [0.1, 0.15) is 5.78 Å². The van der Waals surface area contributed by atoms with Crippen LogP contribution >= 0.6 is 0 Å². The second-order valence-corrected chi connectivity index (χ2v) is 5.07. The molecule has 0 aliphatic rings. The third-order valence-corrected chi connectivity index (χ3v) is 3.20. The highest BCUT2D eigenvalue weighted by Gasteiger charge is 2.31. The highest BCUT2D eigenvalue weighted by molar-refractivity contribution is 6.21. The van der Waals surface area contributed by atoms with Crippen LogP contribution in [0.15, 0.2) is 35.3 Å². The molecule has 1 rings (SSSR count). The maximum atomic E-state index is 12.1. The number of carbonyl (C=O) groups is 3. The van der Waals surface area contributed by atoms with E-state index >= 15 is 0 Å². The Labute approximate surface area is 141 Å². The fraction of sp³-hybridized carbons (Fsp3) is 0.444. The van der Waals surface area contributed by atoms with E-state index in [4.69, 9.17) is 9.47 Å². The Balaban J connectivity index is 3.07. The molecular weight excluding hydrogens is 310 g/mol. The largest absolute Gasteiger partial charge is 0.466 e. The van der Waals surface area contributed by atoms with Crippen LogP contribution < -0.4 is 0 Å². The van der Waals surface area contributed by atoms with Crippen LogP contribution in [0.4, 0.5) is 0 Å². The maximum Gasteiger partial charge on any atom is 0.322 e. The molecule has 1 atom stereocenters. The summed E-state index contributed by atoms with van der Waals surface area (Å²) in [6.45, 7) is 5.25. The number of rotatable bonds is 9. The smallest absolute Gasteiger partial charge is 0.322 e. The lowest BCUT2D eigenvalue weighted by Gasteiger charge is -2.15. The van der Waals surface area contributed by atoms with Gasteiger partial charge in [0.2, 0.25) is 0 Å². The van der Waals surface area contributed by atoms with Crippen LogP contribution in [0, 0.1) is 5.92 Å². The summed E-state index contributed by atoms with van der Waals surface area (Å²) in [5.41, 5.74) is 1.08. The number of benzene rings is 1. The second kappa shape index (κ2) is 10.3. The quantitative estimate of drug-likeness (QED) is 0.393. The van der Waals surface area contributed by atoms with Gasteiger partial charge in [0, 0.05) is 5.71 Å². The summed E-state index contributed by atoms with van der Waals surface area (Å²) in [7, 11) is 0. The minimum Gasteiger partial charge on any atom is -0.466 e. The first-order valence-electron chi connectivity index (χ1n) is 7.89. The molecule has 0 amide bonds. The zero-order valence-electron chi connectivity index (χ0n) is 14.3. The number of nitrogens with zero attached hydrogens (tertiary/aromatic N) is 1. The number of carbonyl (C=O) groups excluding carboxylic acids is 3. The van der Waals surface area contributed by atoms with Crippen molar-refractivity contribution in [1.82, 2.24) is 0 Å². The molecule has 0 aliphatic carbocycles. The van der Waals surface area contributed by atoms with Crippen LogP contribution in [-0.2, 0) is 30.4 Å². The van der Waals surface area contributed by atoms with Crippen molar-refractivity contribution >= 4 is 23.4 Å². The summed E-state index contributed by atoms with van der Waals surface area (Å²) in [6.07, 6.45) is -0.219. The van der Waals surface area contributed by atoms with Gasteiger partial charge < -0.3 is 9.47 Å². The van der Waals surface area contributed by atoms with Gasteiger partial charge in [-0.3, -0.25) is 19.4 Å². The lowest BCUT2D eigenvalue weighted by atomic mass is 9.96. The highest BCUT2D eigenvalue weighted by atomic mass is 16.5. The highest BCUT2D eigenvalue weighted by Crippen LogP contribution is 2.12. The third kappa shape index (κ3) is 6.32. The monoisotopic (exact) mass is 333 g/mol. The van der Waals surface area contributed by atoms with Gasteiger partial charge in [-0.1, -0.05) is 30.3 Å². The SMILES string of the molecule is CCOC(=O)CC(=NCc1ccccc1)C(C(C)=O)C(=O)OCC. The molecule has 0 spiro atoms. The Morgan fingerprint density at radius 2 is 1.67 bits per heavy atom. The molecule has 1 aromatic carbocycles. The zero-order valence-corrected chi connectivity index (χ0v) is 14.3. The van der Waals surface area contributed by atoms with Crippen molar-refractivity contribution < 1.29 is 23.9 Å². The van der Waals surface area contributed by atoms with Gasteiger partial charge in [0.05, 0.1) is 26.2 Å². The van der Waals surface area contributed by atoms with Crippen molar-refractivity contribution in [3.8, 4) is 0 Å². The van der Waals surface area contributed by atoms with Gasteiger partial charge in [-0.05, 0) is 26.3 Å². The molecule has 0 aliphatic heterocycles. The van der Waals surface area contributed by atoms with Crippen molar-refractivity contribution in [2.24, 2.45) is 10.9 Å². The van der Waals surface area contributed by atoms with Gasteiger partial charge in [0.15, 0.2) is 5.92 Å². The molecule has 6 heteroatoms. The average molecular weight is 333 g/mol. The number of esters is 2. The van der Waals surface area contributed by atoms with E-state index < -0.39 is 23.6 Å². The van der Waals surface area contributed by atoms with Crippen LogP contribution in [0.5, 0.6) is 0 Å². The van der Waals surface area contributed by atoms with Crippen LogP contribution in [0.1, 0.15) is 32.8 Å². The van der Waals surface area contributed by atoms with E-state index in [1.807, 2.05) is 30.3 Å². The summed E-state index contributed by atoms with van der Waals surface area (Å²) in [5.74, 6) is -2.82. The zero-order chi connectivity index (χ0) is 17.9. The topological polar surface area (TPSA) is 82.0 Å². The van der Waals surface area contributed by atoms with Gasteiger partial charge in [-0.15, -0.1) is 0 Å². The van der Waals surface area contributed by atoms with E-state index in [1.54, 1.807) is 13.8 Å². The van der Waals surface area contributed by atoms with Gasteiger partial charge in [-0.2, -0.15) is 0 Å². The minimum absolute atomic E-state index is 0.147. The van der Waals surface area contributed by atoms with Crippen molar-refractivity contribution in [3.05, 3.63) is 35.9 Å². The summed E-state index contributed by atoms with van der Waals surface area (Å²) in [5, 5.41) is 0. The molecule has 0 saturated heterocycles. The Kier molecular flexibility index (Phi) is 8.39. The third-order valence-electron chi connectivity index (χ3n) is 3.20. The molecule has 0 saturated carbocycles. The first-order valence-corrected chi connectivity index (χ1v) is 7.89. The number of hydrogen-bond acceptors (Lipinski definition) is 6. The number of hydrogen-bond donors (Lipinski definition) is 0. The van der Waals surface area contributed by atoms with Crippen molar-refractivity contribution in [1.29, 1.82) is 0 Å². The molecule has 0 aromatic heterocycles. The van der Waals surface area contributed by atoms with Gasteiger partial charge in [-0.25, -0.2) is 0 Å². The molecule has 24 heavy (non-hydrogen) atoms. The molecule has 1 aromatic rings. The molecule has 130 valence electrons. The molecule has 1 unspecified atom stereocenters. The Bertz CT molecular complexity index is 595. The second-order valence-electron chi connectivity index (χ2n) is 5.07. The van der Waals surface area contributed by atoms with E-state index in [9.17, 15) is 14.4 Å². The van der Waals surface area contributed by atoms with Crippen molar-refractivity contribution in [3.63, 3.8) is 0 Å². The predicted octanol–water partition coefficient (Wildman–Crippen LogP) is 2.35. The summed E-state index contributed by atoms with van der Waals surface area (Å²) in [6, 6.07) is 9.36. The normalized spacial score (nSPS) is 12.4. The van der Waals surface area contributed by atoms with E-state index in [1.165, 1.54) is 6.92 Å². The van der Waals surface area contributed by atoms with Crippen LogP contribution in [0.3, 0.4) is 0 Å². The number of aliphatic imine (C=N–C) groups is 1. The molecule has 0 fully saturated rings. The Morgan fingerprint density at radius 1 is 1.04 bits per heavy atom. The molecule has 0 radical (unpaired) electrons. The molecular formula is C18H23NO5. The molecule has 0 bridgehead atoms. The summed E-state index contributed by atoms with van der Waals surface area (Å²) >= 11 is 0. The Hall–Kier alpha value is -2.50. The average Bonchev–Trinajstić information content (AvgIpc) is 2.53. The standard InChI is InChI=1S/C18H23NO5/c1-4-23-16(21)11-15(17(13(3)20)18(22)24-5-2)19-12-14-9-7-6-8-10-14/h6-10,17H,4-5,11-12H2,1-3H3.